The molecular formula is C11H18N4OS. The Morgan fingerprint density at radius 1 is 1.71 bits per heavy atom. The monoisotopic (exact) mass is 254 g/mol. The predicted octanol–water partition coefficient (Wildman–Crippen LogP) is 0.657. The molecule has 3 N–H and O–H groups in total. The van der Waals surface area contributed by atoms with Crippen LogP contribution in [0.2, 0.25) is 0 Å². The number of nitrogens with zero attached hydrogens (tertiary/aromatic N) is 2. The van der Waals surface area contributed by atoms with Gasteiger partial charge in [-0.25, -0.2) is 0 Å². The van der Waals surface area contributed by atoms with E-state index in [1.807, 2.05) is 27.1 Å². The lowest BCUT2D eigenvalue weighted by molar-refractivity contribution is -0.123. The molecule has 94 valence electrons. The first kappa shape index (κ1) is 13.6. The third-order valence-electron chi connectivity index (χ3n) is 2.64. The van der Waals surface area contributed by atoms with Gasteiger partial charge in [0.05, 0.1) is 16.6 Å². The average Bonchev–Trinajstić information content (AvgIpc) is 2.54. The molecule has 0 aliphatic rings. The summed E-state index contributed by atoms with van der Waals surface area (Å²) >= 11 is 4.85. The molecule has 0 radical (unpaired) electrons. The van der Waals surface area contributed by atoms with Crippen molar-refractivity contribution in [2.24, 2.45) is 18.7 Å². The van der Waals surface area contributed by atoms with Gasteiger partial charge < -0.3 is 11.1 Å². The van der Waals surface area contributed by atoms with Crippen LogP contribution in [-0.2, 0) is 18.4 Å². The van der Waals surface area contributed by atoms with Gasteiger partial charge in [0.15, 0.2) is 0 Å². The van der Waals surface area contributed by atoms with E-state index in [4.69, 9.17) is 18.0 Å². The first-order valence-corrected chi connectivity index (χ1v) is 5.92. The van der Waals surface area contributed by atoms with Crippen LogP contribution in [0.15, 0.2) is 6.20 Å². The maximum Gasteiger partial charge on any atom is 0.230 e. The second-order valence-electron chi connectivity index (χ2n) is 3.99. The fourth-order valence-corrected chi connectivity index (χ4v) is 1.92. The van der Waals surface area contributed by atoms with Crippen molar-refractivity contribution in [1.82, 2.24) is 15.1 Å². The van der Waals surface area contributed by atoms with E-state index in [0.29, 0.717) is 13.0 Å². The van der Waals surface area contributed by atoms with Gasteiger partial charge in [0.2, 0.25) is 5.91 Å². The average molecular weight is 254 g/mol. The van der Waals surface area contributed by atoms with Crippen LogP contribution < -0.4 is 11.1 Å². The smallest absolute Gasteiger partial charge is 0.230 e. The molecule has 0 bridgehead atoms. The Bertz CT molecular complexity index is 427. The van der Waals surface area contributed by atoms with Crippen LogP contribution in [0.25, 0.3) is 0 Å². The molecule has 1 amide bonds. The Balaban J connectivity index is 2.59. The molecule has 17 heavy (non-hydrogen) atoms. The summed E-state index contributed by atoms with van der Waals surface area (Å²) in [4.78, 5) is 12.0. The lowest BCUT2D eigenvalue weighted by atomic mass is 10.1. The number of rotatable bonds is 5. The van der Waals surface area contributed by atoms with E-state index in [1.165, 1.54) is 0 Å². The van der Waals surface area contributed by atoms with Gasteiger partial charge in [0.25, 0.3) is 0 Å². The molecule has 1 rings (SSSR count). The number of nitrogens with two attached hydrogens (primary N) is 1. The molecule has 0 aromatic carbocycles. The normalized spacial score (nSPS) is 12.2. The first-order valence-electron chi connectivity index (χ1n) is 5.51. The van der Waals surface area contributed by atoms with E-state index in [-0.39, 0.29) is 16.8 Å². The molecule has 5 nitrogen and oxygen atoms in total. The number of amides is 1. The number of aromatic nitrogens is 2. The molecule has 0 saturated heterocycles. The molecule has 0 fully saturated rings. The van der Waals surface area contributed by atoms with Crippen molar-refractivity contribution in [2.75, 3.05) is 0 Å². The Morgan fingerprint density at radius 2 is 2.35 bits per heavy atom. The molecule has 1 aromatic rings. The highest BCUT2D eigenvalue weighted by Gasteiger charge is 2.19. The standard InChI is InChI=1S/C11H18N4OS/c1-4-9(10(12)17)11(16)13-5-8-6-15(3)14-7(8)2/h6,9H,4-5H2,1-3H3,(H2,12,17)(H,13,16). The molecular weight excluding hydrogens is 236 g/mol. The van der Waals surface area contributed by atoms with Gasteiger partial charge in [-0.1, -0.05) is 19.1 Å². The zero-order chi connectivity index (χ0) is 13.0. The highest BCUT2D eigenvalue weighted by atomic mass is 32.1. The van der Waals surface area contributed by atoms with Crippen LogP contribution in [0, 0.1) is 12.8 Å². The summed E-state index contributed by atoms with van der Waals surface area (Å²) in [5, 5.41) is 7.03. The summed E-state index contributed by atoms with van der Waals surface area (Å²) in [6, 6.07) is 0. The molecule has 1 aromatic heterocycles. The lowest BCUT2D eigenvalue weighted by Gasteiger charge is -2.12. The number of carbonyl (C=O) groups is 1. The van der Waals surface area contributed by atoms with Crippen LogP contribution in [0.4, 0.5) is 0 Å². The molecule has 0 aliphatic heterocycles. The molecule has 0 saturated carbocycles. The van der Waals surface area contributed by atoms with Crippen LogP contribution in [-0.4, -0.2) is 20.7 Å². The van der Waals surface area contributed by atoms with E-state index in [1.54, 1.807) is 4.68 Å². The summed E-state index contributed by atoms with van der Waals surface area (Å²) in [6.07, 6.45) is 2.50. The van der Waals surface area contributed by atoms with Crippen LogP contribution >= 0.6 is 12.2 Å². The third kappa shape index (κ3) is 3.52. The molecule has 0 aliphatic carbocycles. The van der Waals surface area contributed by atoms with Crippen LogP contribution in [0.1, 0.15) is 24.6 Å². The van der Waals surface area contributed by atoms with Crippen LogP contribution in [0.3, 0.4) is 0 Å². The summed E-state index contributed by atoms with van der Waals surface area (Å²) in [5.74, 6) is -0.509. The lowest BCUT2D eigenvalue weighted by Crippen LogP contribution is -2.37. The summed E-state index contributed by atoms with van der Waals surface area (Å²) in [7, 11) is 1.85. The number of carbonyl (C=O) groups excluding carboxylic acids is 1. The molecule has 6 heteroatoms. The van der Waals surface area contributed by atoms with Crippen molar-refractivity contribution in [3.8, 4) is 0 Å². The summed E-state index contributed by atoms with van der Waals surface area (Å²) in [6.45, 7) is 4.25. The minimum absolute atomic E-state index is 0.122. The van der Waals surface area contributed by atoms with Gasteiger partial charge in [0.1, 0.15) is 0 Å². The highest BCUT2D eigenvalue weighted by molar-refractivity contribution is 7.80. The molecule has 1 heterocycles. The SMILES string of the molecule is CCC(C(=O)NCc1cn(C)nc1C)C(N)=S. The maximum absolute atomic E-state index is 11.8. The molecule has 1 atom stereocenters. The van der Waals surface area contributed by atoms with E-state index in [0.717, 1.165) is 11.3 Å². The maximum atomic E-state index is 11.8. The van der Waals surface area contributed by atoms with Crippen molar-refractivity contribution in [2.45, 2.75) is 26.8 Å². The number of hydrogen-bond acceptors (Lipinski definition) is 3. The molecule has 1 unspecified atom stereocenters. The Morgan fingerprint density at radius 3 is 2.76 bits per heavy atom. The van der Waals surface area contributed by atoms with Gasteiger partial charge in [-0.3, -0.25) is 9.48 Å². The fraction of sp³-hybridized carbons (Fsp3) is 0.545. The Kier molecular flexibility index (Phi) is 4.62. The second kappa shape index (κ2) is 5.77. The topological polar surface area (TPSA) is 72.9 Å². The quantitative estimate of drug-likeness (QED) is 0.757. The number of hydrogen-bond donors (Lipinski definition) is 2. The molecule has 0 spiro atoms. The fourth-order valence-electron chi connectivity index (χ4n) is 1.64. The van der Waals surface area contributed by atoms with Gasteiger partial charge in [-0.05, 0) is 13.3 Å². The zero-order valence-electron chi connectivity index (χ0n) is 10.4. The van der Waals surface area contributed by atoms with Gasteiger partial charge >= 0.3 is 0 Å². The summed E-state index contributed by atoms with van der Waals surface area (Å²) < 4.78 is 1.72. The van der Waals surface area contributed by atoms with E-state index >= 15 is 0 Å². The minimum Gasteiger partial charge on any atom is -0.393 e. The largest absolute Gasteiger partial charge is 0.393 e. The van der Waals surface area contributed by atoms with Crippen molar-refractivity contribution in [3.05, 3.63) is 17.5 Å². The number of aryl methyl sites for hydroxylation is 2. The highest BCUT2D eigenvalue weighted by Crippen LogP contribution is 2.06. The predicted molar refractivity (Wildman–Crippen MR) is 70.4 cm³/mol. The summed E-state index contributed by atoms with van der Waals surface area (Å²) in [5.41, 5.74) is 7.42. The van der Waals surface area contributed by atoms with Crippen LogP contribution in [0.5, 0.6) is 0 Å². The van der Waals surface area contributed by atoms with E-state index in [2.05, 4.69) is 10.4 Å². The number of nitrogens with one attached hydrogen (secondary N) is 1. The van der Waals surface area contributed by atoms with Crippen molar-refractivity contribution in [3.63, 3.8) is 0 Å². The van der Waals surface area contributed by atoms with Gasteiger partial charge in [-0.15, -0.1) is 0 Å². The van der Waals surface area contributed by atoms with Gasteiger partial charge in [0, 0.05) is 25.4 Å². The minimum atomic E-state index is -0.387. The van der Waals surface area contributed by atoms with Gasteiger partial charge in [-0.2, -0.15) is 5.10 Å². The Labute approximate surface area is 106 Å². The zero-order valence-corrected chi connectivity index (χ0v) is 11.2. The number of thiocarbonyl (C=S) groups is 1. The first-order chi connectivity index (χ1) is 7.95. The second-order valence-corrected chi connectivity index (χ2v) is 4.47. The Hall–Kier alpha value is -1.43. The van der Waals surface area contributed by atoms with Crippen molar-refractivity contribution < 1.29 is 4.79 Å². The van der Waals surface area contributed by atoms with E-state index < -0.39 is 0 Å². The van der Waals surface area contributed by atoms with Crippen molar-refractivity contribution in [1.29, 1.82) is 0 Å². The van der Waals surface area contributed by atoms with Crippen molar-refractivity contribution >= 4 is 23.1 Å². The third-order valence-corrected chi connectivity index (χ3v) is 2.92. The van der Waals surface area contributed by atoms with E-state index in [9.17, 15) is 4.79 Å².